The van der Waals surface area contributed by atoms with E-state index >= 15 is 0 Å². The Morgan fingerprint density at radius 2 is 1.84 bits per heavy atom. The molecule has 5 N–H and O–H groups in total. The maximum absolute atomic E-state index is 12.6. The van der Waals surface area contributed by atoms with E-state index < -0.39 is 22.9 Å². The molecular formula is C21H21F3N2O4S. The summed E-state index contributed by atoms with van der Waals surface area (Å²) in [5.74, 6) is -0.351. The van der Waals surface area contributed by atoms with Crippen molar-refractivity contribution in [2.24, 2.45) is 5.73 Å². The van der Waals surface area contributed by atoms with E-state index in [0.717, 1.165) is 10.9 Å². The molecule has 3 aromatic rings. The molecule has 0 aliphatic carbocycles. The molecule has 1 amide bonds. The van der Waals surface area contributed by atoms with Gasteiger partial charge in [0.15, 0.2) is 0 Å². The zero-order valence-corrected chi connectivity index (χ0v) is 17.1. The van der Waals surface area contributed by atoms with E-state index in [2.05, 4.69) is 9.72 Å². The number of aromatic nitrogens is 1. The second-order valence-corrected chi connectivity index (χ2v) is 10.0. The zero-order valence-electron chi connectivity index (χ0n) is 16.3. The fourth-order valence-electron chi connectivity index (χ4n) is 4.04. The molecule has 31 heavy (non-hydrogen) atoms. The highest BCUT2D eigenvalue weighted by Gasteiger charge is 2.31. The quantitative estimate of drug-likeness (QED) is 0.420. The van der Waals surface area contributed by atoms with Crippen LogP contribution in [0, 0.1) is 0 Å². The third-order valence-corrected chi connectivity index (χ3v) is 7.29. The van der Waals surface area contributed by atoms with Crippen LogP contribution in [-0.2, 0) is 0 Å². The molecule has 6 nitrogen and oxygen atoms in total. The molecule has 0 bridgehead atoms. The number of ether oxygens (including phenoxy) is 1. The molecule has 0 atom stereocenters. The Kier molecular flexibility index (Phi) is 5.40. The van der Waals surface area contributed by atoms with Crippen molar-refractivity contribution in [2.45, 2.75) is 25.1 Å². The normalized spacial score (nSPS) is 18.1. The first-order valence-electron chi connectivity index (χ1n) is 9.57. The van der Waals surface area contributed by atoms with E-state index in [4.69, 9.17) is 5.73 Å². The fourth-order valence-corrected chi connectivity index (χ4v) is 5.57. The van der Waals surface area contributed by atoms with Crippen molar-refractivity contribution in [3.63, 3.8) is 0 Å². The molecule has 2 aromatic carbocycles. The van der Waals surface area contributed by atoms with Crippen LogP contribution >= 0.6 is 10.6 Å². The third-order valence-electron chi connectivity index (χ3n) is 5.51. The summed E-state index contributed by atoms with van der Waals surface area (Å²) in [6.45, 7) is 0. The number of alkyl halides is 3. The van der Waals surface area contributed by atoms with Crippen LogP contribution in [0.5, 0.6) is 5.75 Å². The number of rotatable bonds is 4. The van der Waals surface area contributed by atoms with Gasteiger partial charge in [0.1, 0.15) is 5.75 Å². The van der Waals surface area contributed by atoms with Crippen LogP contribution in [0.1, 0.15) is 34.7 Å². The Hall–Kier alpha value is -2.69. The molecule has 166 valence electrons. The molecule has 4 rings (SSSR count). The first-order valence-corrected chi connectivity index (χ1v) is 11.5. The molecule has 2 heterocycles. The number of hydrogen-bond donors (Lipinski definition) is 4. The molecule has 1 aliphatic heterocycles. The lowest BCUT2D eigenvalue weighted by atomic mass is 9.91. The second kappa shape index (κ2) is 7.77. The summed E-state index contributed by atoms with van der Waals surface area (Å²) in [7, 11) is -2.54. The van der Waals surface area contributed by atoms with Gasteiger partial charge in [0.05, 0.1) is 11.1 Å². The van der Waals surface area contributed by atoms with E-state index in [1.165, 1.54) is 24.3 Å². The molecule has 0 radical (unpaired) electrons. The van der Waals surface area contributed by atoms with E-state index in [-0.39, 0.29) is 17.2 Å². The molecule has 1 aromatic heterocycles. The van der Waals surface area contributed by atoms with E-state index in [0.29, 0.717) is 41.0 Å². The smallest absolute Gasteiger partial charge is 0.406 e. The summed E-state index contributed by atoms with van der Waals surface area (Å²) in [5, 5.41) is 0.733. The van der Waals surface area contributed by atoms with Crippen molar-refractivity contribution in [3.05, 3.63) is 53.7 Å². The van der Waals surface area contributed by atoms with Gasteiger partial charge in [-0.25, -0.2) is 0 Å². The van der Waals surface area contributed by atoms with Gasteiger partial charge in [-0.05, 0) is 59.7 Å². The van der Waals surface area contributed by atoms with Gasteiger partial charge >= 0.3 is 6.36 Å². The van der Waals surface area contributed by atoms with Crippen molar-refractivity contribution < 1.29 is 31.8 Å². The molecule has 0 unspecified atom stereocenters. The number of H-pyrrole nitrogens is 1. The van der Waals surface area contributed by atoms with Crippen LogP contribution in [0.3, 0.4) is 0 Å². The predicted octanol–water partition coefficient (Wildman–Crippen LogP) is 5.46. The SMILES string of the molecule is NC(=O)c1cc(-c2cccc(OC(F)(F)F)c2)cc2c(C3CCS(O)(O)CC3)c[nH]c12. The van der Waals surface area contributed by atoms with Crippen molar-refractivity contribution in [1.82, 2.24) is 4.98 Å². The second-order valence-electron chi connectivity index (χ2n) is 7.61. The average Bonchev–Trinajstić information content (AvgIpc) is 3.10. The van der Waals surface area contributed by atoms with Gasteiger partial charge in [0, 0.05) is 23.1 Å². The van der Waals surface area contributed by atoms with Gasteiger partial charge in [-0.1, -0.05) is 12.1 Å². The van der Waals surface area contributed by atoms with Crippen LogP contribution in [-0.4, -0.2) is 37.9 Å². The predicted molar refractivity (Wildman–Crippen MR) is 113 cm³/mol. The molecule has 1 fully saturated rings. The number of fused-ring (bicyclic) bond motifs is 1. The summed E-state index contributed by atoms with van der Waals surface area (Å²) in [5.41, 5.74) is 8.22. The number of nitrogens with two attached hydrogens (primary N) is 1. The monoisotopic (exact) mass is 454 g/mol. The zero-order chi connectivity index (χ0) is 22.4. The van der Waals surface area contributed by atoms with Crippen LogP contribution in [0.15, 0.2) is 42.6 Å². The third kappa shape index (κ3) is 4.65. The minimum Gasteiger partial charge on any atom is -0.406 e. The van der Waals surface area contributed by atoms with Gasteiger partial charge in [-0.3, -0.25) is 13.9 Å². The topological polar surface area (TPSA) is 109 Å². The van der Waals surface area contributed by atoms with Crippen LogP contribution in [0.2, 0.25) is 0 Å². The Bertz CT molecular complexity index is 1130. The number of primary amides is 1. The highest BCUT2D eigenvalue weighted by Crippen LogP contribution is 2.49. The largest absolute Gasteiger partial charge is 0.573 e. The number of carbonyl (C=O) groups excluding carboxylic acids is 1. The molecule has 10 heteroatoms. The lowest BCUT2D eigenvalue weighted by molar-refractivity contribution is -0.274. The minimum absolute atomic E-state index is 0.0598. The Morgan fingerprint density at radius 3 is 2.48 bits per heavy atom. The molecule has 0 spiro atoms. The highest BCUT2D eigenvalue weighted by atomic mass is 32.3. The lowest BCUT2D eigenvalue weighted by Gasteiger charge is -2.39. The van der Waals surface area contributed by atoms with E-state index in [9.17, 15) is 27.1 Å². The Morgan fingerprint density at radius 1 is 1.13 bits per heavy atom. The molecular weight excluding hydrogens is 433 g/mol. The number of nitrogens with one attached hydrogen (secondary N) is 1. The maximum Gasteiger partial charge on any atom is 0.573 e. The maximum atomic E-state index is 12.6. The highest BCUT2D eigenvalue weighted by molar-refractivity contribution is 8.24. The van der Waals surface area contributed by atoms with Crippen LogP contribution in [0.25, 0.3) is 22.0 Å². The molecule has 0 saturated carbocycles. The number of aromatic amines is 1. The number of benzene rings is 2. The first-order chi connectivity index (χ1) is 14.5. The van der Waals surface area contributed by atoms with Gasteiger partial charge in [0.2, 0.25) is 0 Å². The Labute approximate surface area is 177 Å². The molecule has 1 aliphatic rings. The van der Waals surface area contributed by atoms with E-state index in [1.54, 1.807) is 18.3 Å². The number of carbonyl (C=O) groups is 1. The fraction of sp³-hybridized carbons (Fsp3) is 0.286. The summed E-state index contributed by atoms with van der Waals surface area (Å²) >= 11 is 0. The minimum atomic E-state index is -4.81. The van der Waals surface area contributed by atoms with Gasteiger partial charge < -0.3 is 15.5 Å². The summed E-state index contributed by atoms with van der Waals surface area (Å²) in [4.78, 5) is 15.2. The van der Waals surface area contributed by atoms with Crippen LogP contribution < -0.4 is 10.5 Å². The van der Waals surface area contributed by atoms with E-state index in [1.807, 2.05) is 0 Å². The molecule has 1 saturated heterocycles. The number of halogens is 3. The number of amides is 1. The lowest BCUT2D eigenvalue weighted by Crippen LogP contribution is -2.19. The van der Waals surface area contributed by atoms with Crippen LogP contribution in [0.4, 0.5) is 13.2 Å². The van der Waals surface area contributed by atoms with Gasteiger partial charge in [-0.15, -0.1) is 13.2 Å². The summed E-state index contributed by atoms with van der Waals surface area (Å²) in [6.07, 6.45) is -1.86. The summed E-state index contributed by atoms with van der Waals surface area (Å²) < 4.78 is 61.6. The summed E-state index contributed by atoms with van der Waals surface area (Å²) in [6, 6.07) is 8.85. The van der Waals surface area contributed by atoms with Gasteiger partial charge in [-0.2, -0.15) is 10.6 Å². The average molecular weight is 454 g/mol. The van der Waals surface area contributed by atoms with Crippen molar-refractivity contribution in [3.8, 4) is 16.9 Å². The Balaban J connectivity index is 1.79. The first kappa shape index (κ1) is 21.5. The number of hydrogen-bond acceptors (Lipinski definition) is 4. The van der Waals surface area contributed by atoms with Crippen molar-refractivity contribution in [2.75, 3.05) is 11.5 Å². The van der Waals surface area contributed by atoms with Crippen molar-refractivity contribution in [1.29, 1.82) is 0 Å². The van der Waals surface area contributed by atoms with Crippen molar-refractivity contribution >= 4 is 27.4 Å². The van der Waals surface area contributed by atoms with Gasteiger partial charge in [0.25, 0.3) is 5.91 Å². The standard InChI is InChI=1S/C21H21F3N2O4S/c22-21(23,24)30-15-3-1-2-13(8-15)14-9-16-18(12-4-6-31(28,29)7-5-12)11-26-19(16)17(10-14)20(25)27/h1-3,8-12,26,28-29H,4-7H2,(H2,25,27).